The first-order chi connectivity index (χ1) is 8.81. The van der Waals surface area contributed by atoms with Gasteiger partial charge in [0.25, 0.3) is 0 Å². The number of hydrogen-bond acceptors (Lipinski definition) is 3. The molecule has 0 saturated heterocycles. The third kappa shape index (κ3) is 2.09. The molecule has 1 aromatic rings. The van der Waals surface area contributed by atoms with E-state index in [0.29, 0.717) is 0 Å². The van der Waals surface area contributed by atoms with Crippen molar-refractivity contribution in [1.29, 1.82) is 5.26 Å². The molecule has 0 bridgehead atoms. The van der Waals surface area contributed by atoms with Crippen molar-refractivity contribution in [2.45, 2.75) is 32.2 Å². The summed E-state index contributed by atoms with van der Waals surface area (Å²) < 4.78 is 5.49. The molecule has 2 aliphatic rings. The number of fused-ring (bicyclic) bond motifs is 1. The van der Waals surface area contributed by atoms with Crippen LogP contribution in [0.4, 0.5) is 0 Å². The molecule has 1 fully saturated rings. The number of rotatable bonds is 4. The number of nitrogens with zero attached hydrogens (tertiary/aromatic N) is 1. The maximum atomic E-state index is 9.15. The molecule has 0 aromatic heterocycles. The Hall–Kier alpha value is -1.53. The highest BCUT2D eigenvalue weighted by atomic mass is 16.5. The first-order valence-electron chi connectivity index (χ1n) is 6.68. The van der Waals surface area contributed by atoms with E-state index in [0.717, 1.165) is 44.7 Å². The first kappa shape index (κ1) is 11.6. The highest BCUT2D eigenvalue weighted by Gasteiger charge is 2.36. The quantitative estimate of drug-likeness (QED) is 0.881. The van der Waals surface area contributed by atoms with Gasteiger partial charge in [0.1, 0.15) is 5.75 Å². The van der Waals surface area contributed by atoms with Crippen LogP contribution < -0.4 is 10.1 Å². The van der Waals surface area contributed by atoms with Crippen LogP contribution in [0.2, 0.25) is 0 Å². The zero-order valence-corrected chi connectivity index (χ0v) is 10.5. The topological polar surface area (TPSA) is 45.0 Å². The molecule has 0 amide bonds. The van der Waals surface area contributed by atoms with Crippen LogP contribution in [0.5, 0.6) is 5.75 Å². The Balaban J connectivity index is 1.56. The maximum absolute atomic E-state index is 9.15. The second-order valence-corrected chi connectivity index (χ2v) is 5.39. The van der Waals surface area contributed by atoms with Gasteiger partial charge in [0.15, 0.2) is 0 Å². The molecule has 0 atom stereocenters. The summed E-state index contributed by atoms with van der Waals surface area (Å²) >= 11 is 0. The number of nitriles is 1. The largest absolute Gasteiger partial charge is 0.493 e. The summed E-state index contributed by atoms with van der Waals surface area (Å²) in [6, 6.07) is 8.84. The monoisotopic (exact) mass is 242 g/mol. The maximum Gasteiger partial charge on any atom is 0.122 e. The summed E-state index contributed by atoms with van der Waals surface area (Å²) in [5, 5.41) is 12.6. The Morgan fingerprint density at radius 3 is 3.00 bits per heavy atom. The Bertz CT molecular complexity index is 486. The molecule has 94 valence electrons. The van der Waals surface area contributed by atoms with Gasteiger partial charge in [-0.2, -0.15) is 5.26 Å². The van der Waals surface area contributed by atoms with Crippen molar-refractivity contribution in [1.82, 2.24) is 5.32 Å². The lowest BCUT2D eigenvalue weighted by molar-refractivity contribution is 0.206. The molecule has 3 nitrogen and oxygen atoms in total. The standard InChI is InChI=1S/C15H18N2O/c16-10-15(5-1-6-15)11-17-9-12-2-3-14-13(8-12)4-7-18-14/h2-3,8,17H,1,4-7,9,11H2. The molecule has 1 aliphatic carbocycles. The molecule has 3 rings (SSSR count). The van der Waals surface area contributed by atoms with Gasteiger partial charge >= 0.3 is 0 Å². The fourth-order valence-corrected chi connectivity index (χ4v) is 2.73. The van der Waals surface area contributed by atoms with Crippen LogP contribution in [-0.2, 0) is 13.0 Å². The lowest BCUT2D eigenvalue weighted by atomic mass is 9.70. The Labute approximate surface area is 108 Å². The van der Waals surface area contributed by atoms with Gasteiger partial charge in [0.2, 0.25) is 0 Å². The summed E-state index contributed by atoms with van der Waals surface area (Å²) in [6.07, 6.45) is 4.32. The highest BCUT2D eigenvalue weighted by molar-refractivity contribution is 5.39. The van der Waals surface area contributed by atoms with E-state index < -0.39 is 0 Å². The molecule has 1 aliphatic heterocycles. The lowest BCUT2D eigenvalue weighted by Crippen LogP contribution is -2.38. The fourth-order valence-electron chi connectivity index (χ4n) is 2.73. The van der Waals surface area contributed by atoms with Crippen molar-refractivity contribution < 1.29 is 4.74 Å². The second-order valence-electron chi connectivity index (χ2n) is 5.39. The summed E-state index contributed by atoms with van der Waals surface area (Å²) in [6.45, 7) is 2.47. The van der Waals surface area contributed by atoms with E-state index >= 15 is 0 Å². The summed E-state index contributed by atoms with van der Waals surface area (Å²) in [5.41, 5.74) is 2.51. The van der Waals surface area contributed by atoms with Crippen molar-refractivity contribution in [2.75, 3.05) is 13.2 Å². The van der Waals surface area contributed by atoms with Gasteiger partial charge in [-0.05, 0) is 30.0 Å². The van der Waals surface area contributed by atoms with Gasteiger partial charge in [-0.1, -0.05) is 18.6 Å². The van der Waals surface area contributed by atoms with Crippen LogP contribution in [0.25, 0.3) is 0 Å². The highest BCUT2D eigenvalue weighted by Crippen LogP contribution is 2.39. The Kier molecular flexibility index (Phi) is 2.97. The third-order valence-corrected chi connectivity index (χ3v) is 4.09. The molecular weight excluding hydrogens is 224 g/mol. The molecule has 1 heterocycles. The van der Waals surface area contributed by atoms with Gasteiger partial charge < -0.3 is 10.1 Å². The number of benzene rings is 1. The Morgan fingerprint density at radius 1 is 1.39 bits per heavy atom. The minimum Gasteiger partial charge on any atom is -0.493 e. The van der Waals surface area contributed by atoms with E-state index in [2.05, 4.69) is 29.6 Å². The third-order valence-electron chi connectivity index (χ3n) is 4.09. The summed E-state index contributed by atoms with van der Waals surface area (Å²) in [7, 11) is 0. The van der Waals surface area contributed by atoms with Crippen LogP contribution >= 0.6 is 0 Å². The number of hydrogen-bond donors (Lipinski definition) is 1. The zero-order chi connectivity index (χ0) is 12.4. The van der Waals surface area contributed by atoms with E-state index in [4.69, 9.17) is 10.00 Å². The number of nitrogens with one attached hydrogen (secondary N) is 1. The molecule has 18 heavy (non-hydrogen) atoms. The molecule has 3 heteroatoms. The predicted octanol–water partition coefficient (Wildman–Crippen LogP) is 2.40. The number of ether oxygens (including phenoxy) is 1. The average Bonchev–Trinajstić information content (AvgIpc) is 2.80. The molecular formula is C15H18N2O. The predicted molar refractivity (Wildman–Crippen MR) is 69.2 cm³/mol. The first-order valence-corrected chi connectivity index (χ1v) is 6.68. The van der Waals surface area contributed by atoms with Gasteiger partial charge in [-0.15, -0.1) is 0 Å². The SMILES string of the molecule is N#CC1(CNCc2ccc3c(c2)CCO3)CCC1. The van der Waals surface area contributed by atoms with Crippen molar-refractivity contribution in [2.24, 2.45) is 5.41 Å². The zero-order valence-electron chi connectivity index (χ0n) is 10.5. The van der Waals surface area contributed by atoms with E-state index in [-0.39, 0.29) is 5.41 Å². The van der Waals surface area contributed by atoms with Crippen molar-refractivity contribution in [3.63, 3.8) is 0 Å². The smallest absolute Gasteiger partial charge is 0.122 e. The van der Waals surface area contributed by atoms with Crippen molar-refractivity contribution in [3.05, 3.63) is 29.3 Å². The fraction of sp³-hybridized carbons (Fsp3) is 0.533. The van der Waals surface area contributed by atoms with Crippen LogP contribution in [-0.4, -0.2) is 13.2 Å². The van der Waals surface area contributed by atoms with Crippen molar-refractivity contribution in [3.8, 4) is 11.8 Å². The normalized spacial score (nSPS) is 19.5. The summed E-state index contributed by atoms with van der Waals surface area (Å²) in [5.74, 6) is 1.03. The second kappa shape index (κ2) is 4.62. The Morgan fingerprint density at radius 2 is 2.28 bits per heavy atom. The van der Waals surface area contributed by atoms with Gasteiger partial charge in [-0.3, -0.25) is 0 Å². The van der Waals surface area contributed by atoms with Crippen molar-refractivity contribution >= 4 is 0 Å². The molecule has 1 saturated carbocycles. The van der Waals surface area contributed by atoms with Crippen LogP contribution in [0.3, 0.4) is 0 Å². The summed E-state index contributed by atoms with van der Waals surface area (Å²) in [4.78, 5) is 0. The molecule has 0 spiro atoms. The van der Waals surface area contributed by atoms with Crippen LogP contribution in [0.1, 0.15) is 30.4 Å². The van der Waals surface area contributed by atoms with E-state index in [9.17, 15) is 0 Å². The molecule has 1 aromatic carbocycles. The van der Waals surface area contributed by atoms with Gasteiger partial charge in [-0.25, -0.2) is 0 Å². The van der Waals surface area contributed by atoms with E-state index in [1.54, 1.807) is 0 Å². The molecule has 0 unspecified atom stereocenters. The molecule has 1 N–H and O–H groups in total. The van der Waals surface area contributed by atoms with Crippen LogP contribution in [0.15, 0.2) is 18.2 Å². The van der Waals surface area contributed by atoms with Crippen LogP contribution in [0, 0.1) is 16.7 Å². The van der Waals surface area contributed by atoms with Gasteiger partial charge in [0, 0.05) is 19.5 Å². The average molecular weight is 242 g/mol. The van der Waals surface area contributed by atoms with Gasteiger partial charge in [0.05, 0.1) is 18.1 Å². The molecule has 0 radical (unpaired) electrons. The van der Waals surface area contributed by atoms with E-state index in [1.165, 1.54) is 17.5 Å². The lowest BCUT2D eigenvalue weighted by Gasteiger charge is -2.35. The minimum atomic E-state index is -0.0835. The van der Waals surface area contributed by atoms with E-state index in [1.807, 2.05) is 0 Å². The minimum absolute atomic E-state index is 0.0835.